The third kappa shape index (κ3) is 41.7. The molecule has 0 aliphatic heterocycles. The summed E-state index contributed by atoms with van der Waals surface area (Å²) in [5.41, 5.74) is 0. The van der Waals surface area contributed by atoms with Crippen molar-refractivity contribution in [2.24, 2.45) is 0 Å². The first kappa shape index (κ1) is 56.2. The second kappa shape index (κ2) is 47.9. The van der Waals surface area contributed by atoms with Gasteiger partial charge in [-0.15, -0.1) is 0 Å². The van der Waals surface area contributed by atoms with E-state index in [0.717, 1.165) is 77.8 Å². The Morgan fingerprint density at radius 3 is 0.912 bits per heavy atom. The van der Waals surface area contributed by atoms with Crippen LogP contribution in [0.5, 0.6) is 0 Å². The van der Waals surface area contributed by atoms with E-state index in [2.05, 4.69) is 39.8 Å². The van der Waals surface area contributed by atoms with Crippen LogP contribution in [0, 0.1) is 0 Å². The van der Waals surface area contributed by atoms with E-state index in [1.54, 1.807) is 14.2 Å². The van der Waals surface area contributed by atoms with Crippen molar-refractivity contribution in [1.29, 1.82) is 0 Å². The highest BCUT2D eigenvalue weighted by molar-refractivity contribution is 4.89. The number of rotatable bonds is 48. The highest BCUT2D eigenvalue weighted by atomic mass is 16.8. The molecular weight excluding hydrogens is 713 g/mol. The summed E-state index contributed by atoms with van der Waals surface area (Å²) < 4.78 is 41.7. The zero-order valence-corrected chi connectivity index (χ0v) is 38.9. The molecule has 2 unspecified atom stereocenters. The molecule has 0 bridgehead atoms. The molecular formula is C50H98O7. The van der Waals surface area contributed by atoms with Crippen molar-refractivity contribution in [2.75, 3.05) is 40.6 Å². The van der Waals surface area contributed by atoms with Gasteiger partial charge in [0.2, 0.25) is 0 Å². The molecule has 0 radical (unpaired) electrons. The molecule has 0 saturated heterocycles. The molecule has 0 saturated carbocycles. The number of hydrogen-bond donors (Lipinski definition) is 0. The summed E-state index contributed by atoms with van der Waals surface area (Å²) in [7, 11) is 3.38. The highest BCUT2D eigenvalue weighted by Gasteiger charge is 2.12. The molecule has 0 rings (SSSR count). The van der Waals surface area contributed by atoms with Crippen molar-refractivity contribution in [3.63, 3.8) is 0 Å². The van der Waals surface area contributed by atoms with E-state index < -0.39 is 12.6 Å². The molecule has 0 aliphatic rings. The van der Waals surface area contributed by atoms with E-state index in [-0.39, 0.29) is 12.6 Å². The van der Waals surface area contributed by atoms with E-state index >= 15 is 0 Å². The lowest BCUT2D eigenvalue weighted by molar-refractivity contribution is -0.188. The number of hydrogen-bond acceptors (Lipinski definition) is 7. The second-order valence-corrected chi connectivity index (χ2v) is 16.2. The maximum absolute atomic E-state index is 6.14. The Balaban J connectivity index is 4.11. The molecule has 340 valence electrons. The molecule has 0 spiro atoms. The highest BCUT2D eigenvalue weighted by Crippen LogP contribution is 2.17. The Bertz CT molecular complexity index is 714. The normalized spacial score (nSPS) is 13.3. The molecule has 0 heterocycles. The van der Waals surface area contributed by atoms with Gasteiger partial charge in [0.25, 0.3) is 0 Å². The Labute approximate surface area is 355 Å². The van der Waals surface area contributed by atoms with Gasteiger partial charge in [0, 0.05) is 40.6 Å². The van der Waals surface area contributed by atoms with E-state index in [0.29, 0.717) is 0 Å². The first-order chi connectivity index (χ1) is 28.1. The van der Waals surface area contributed by atoms with Crippen LogP contribution in [0.2, 0.25) is 0 Å². The van der Waals surface area contributed by atoms with Crippen LogP contribution in [0.4, 0.5) is 0 Å². The predicted molar refractivity (Wildman–Crippen MR) is 243 cm³/mol. The molecule has 0 fully saturated rings. The van der Waals surface area contributed by atoms with Crippen LogP contribution in [-0.4, -0.2) is 65.8 Å². The molecule has 0 aromatic heterocycles. The van der Waals surface area contributed by atoms with Gasteiger partial charge in [0.15, 0.2) is 25.2 Å². The third-order valence-electron chi connectivity index (χ3n) is 10.6. The van der Waals surface area contributed by atoms with Crippen molar-refractivity contribution in [3.8, 4) is 0 Å². The monoisotopic (exact) mass is 811 g/mol. The Morgan fingerprint density at radius 2 is 0.614 bits per heavy atom. The molecule has 0 aromatic rings. The lowest BCUT2D eigenvalue weighted by Crippen LogP contribution is -2.22. The number of allylic oxidation sites excluding steroid dienone is 2. The van der Waals surface area contributed by atoms with E-state index in [9.17, 15) is 0 Å². The summed E-state index contributed by atoms with van der Waals surface area (Å²) in [6.07, 6.45) is 46.4. The summed E-state index contributed by atoms with van der Waals surface area (Å²) in [5, 5.41) is 0. The summed E-state index contributed by atoms with van der Waals surface area (Å²) in [6.45, 7) is 12.3. The van der Waals surface area contributed by atoms with Crippen molar-refractivity contribution < 1.29 is 33.2 Å². The Hall–Kier alpha value is -0.800. The van der Waals surface area contributed by atoms with Gasteiger partial charge in [-0.2, -0.15) is 0 Å². The fourth-order valence-corrected chi connectivity index (χ4v) is 6.87. The zero-order chi connectivity index (χ0) is 41.5. The first-order valence-electron chi connectivity index (χ1n) is 24.7. The van der Waals surface area contributed by atoms with Crippen molar-refractivity contribution in [2.45, 2.75) is 258 Å². The Morgan fingerprint density at radius 1 is 0.333 bits per heavy atom. The van der Waals surface area contributed by atoms with Gasteiger partial charge in [-0.1, -0.05) is 168 Å². The van der Waals surface area contributed by atoms with Crippen LogP contribution in [0.15, 0.2) is 24.3 Å². The number of unbranched alkanes of at least 4 members (excludes halogenated alkanes) is 24. The van der Waals surface area contributed by atoms with Gasteiger partial charge >= 0.3 is 0 Å². The summed E-state index contributed by atoms with van der Waals surface area (Å²) in [4.78, 5) is 0. The lowest BCUT2D eigenvalue weighted by atomic mass is 10.1. The van der Waals surface area contributed by atoms with E-state index in [1.165, 1.54) is 154 Å². The Kier molecular flexibility index (Phi) is 47.2. The lowest BCUT2D eigenvalue weighted by Gasteiger charge is -2.19. The smallest absolute Gasteiger partial charge is 0.179 e. The average molecular weight is 811 g/mol. The molecule has 7 nitrogen and oxygen atoms in total. The topological polar surface area (TPSA) is 64.6 Å². The van der Waals surface area contributed by atoms with Crippen LogP contribution < -0.4 is 0 Å². The van der Waals surface area contributed by atoms with E-state index in [1.807, 2.05) is 12.2 Å². The van der Waals surface area contributed by atoms with Crippen LogP contribution in [0.3, 0.4) is 0 Å². The number of ether oxygens (including phenoxy) is 7. The maximum Gasteiger partial charge on any atom is 0.179 e. The molecule has 2 atom stereocenters. The minimum absolute atomic E-state index is 0.0201. The van der Waals surface area contributed by atoms with Gasteiger partial charge in [-0.3, -0.25) is 0 Å². The summed E-state index contributed by atoms with van der Waals surface area (Å²) in [5.74, 6) is 0. The molecule has 0 amide bonds. The quantitative estimate of drug-likeness (QED) is 0.0344. The van der Waals surface area contributed by atoms with E-state index in [4.69, 9.17) is 33.2 Å². The molecule has 0 aromatic carbocycles. The summed E-state index contributed by atoms with van der Waals surface area (Å²) in [6, 6.07) is 0. The molecule has 7 heteroatoms. The maximum atomic E-state index is 6.14. The SMILES string of the molecule is CCCCCCOC(CCCCCCCCC=CC(OC)OC(C=CCCCCCCCCC(OCCCCCC)OCCCCCC)OC)OCCCCCC. The average Bonchev–Trinajstić information content (AvgIpc) is 3.22. The minimum Gasteiger partial charge on any atom is -0.353 e. The standard InChI is InChI=1S/C50H98O7/c1-7-11-15-35-43-53-49(54-44-36-16-12-8-2)41-33-29-25-21-19-23-27-31-39-47(51-5)57-48(52-6)40-32-28-24-20-22-26-30-34-42-50(55-45-37-17-13-9-3)56-46-38-18-14-10-4/h31-32,39-40,47-50H,7-30,33-38,41-46H2,1-6H3. The second-order valence-electron chi connectivity index (χ2n) is 16.2. The van der Waals surface area contributed by atoms with Gasteiger partial charge in [-0.25, -0.2) is 0 Å². The largest absolute Gasteiger partial charge is 0.353 e. The van der Waals surface area contributed by atoms with Crippen molar-refractivity contribution in [1.82, 2.24) is 0 Å². The third-order valence-corrected chi connectivity index (χ3v) is 10.6. The molecule has 0 aliphatic carbocycles. The van der Waals surface area contributed by atoms with Crippen LogP contribution in [0.25, 0.3) is 0 Å². The van der Waals surface area contributed by atoms with Crippen LogP contribution >= 0.6 is 0 Å². The zero-order valence-electron chi connectivity index (χ0n) is 38.9. The first-order valence-corrected chi connectivity index (χ1v) is 24.7. The number of methoxy groups -OCH3 is 2. The van der Waals surface area contributed by atoms with Crippen molar-refractivity contribution >= 4 is 0 Å². The molecule has 57 heavy (non-hydrogen) atoms. The summed E-state index contributed by atoms with van der Waals surface area (Å²) >= 11 is 0. The van der Waals surface area contributed by atoms with Gasteiger partial charge in [0.1, 0.15) is 0 Å². The van der Waals surface area contributed by atoms with Gasteiger partial charge in [-0.05, 0) is 89.2 Å². The van der Waals surface area contributed by atoms with Gasteiger partial charge in [0.05, 0.1) is 0 Å². The fraction of sp³-hybridized carbons (Fsp3) is 0.920. The van der Waals surface area contributed by atoms with Crippen molar-refractivity contribution in [3.05, 3.63) is 24.3 Å². The van der Waals surface area contributed by atoms with Crippen LogP contribution in [-0.2, 0) is 33.2 Å². The predicted octanol–water partition coefficient (Wildman–Crippen LogP) is 15.3. The minimum atomic E-state index is -0.409. The molecule has 0 N–H and O–H groups in total. The van der Waals surface area contributed by atoms with Gasteiger partial charge < -0.3 is 33.2 Å². The van der Waals surface area contributed by atoms with Crippen LogP contribution in [0.1, 0.15) is 233 Å². The fourth-order valence-electron chi connectivity index (χ4n) is 6.87.